The van der Waals surface area contributed by atoms with Crippen molar-refractivity contribution < 1.29 is 19.1 Å². The molecule has 2 amide bonds. The number of hydrogen-bond donors (Lipinski definition) is 1. The van der Waals surface area contributed by atoms with Crippen LogP contribution in [-0.4, -0.2) is 52.2 Å². The number of nitrogens with zero attached hydrogens (tertiary/aromatic N) is 3. The van der Waals surface area contributed by atoms with Crippen molar-refractivity contribution in [3.8, 4) is 0 Å². The number of hydrogen-bond acceptors (Lipinski definition) is 4. The molecule has 1 N–H and O–H groups in total. The lowest BCUT2D eigenvalue weighted by Crippen LogP contribution is -2.40. The van der Waals surface area contributed by atoms with Crippen LogP contribution in [-0.2, 0) is 9.59 Å². The van der Waals surface area contributed by atoms with Crippen LogP contribution in [0, 0.1) is 5.82 Å². The average Bonchev–Trinajstić information content (AvgIpc) is 2.91. The maximum atomic E-state index is 13.5. The highest BCUT2D eigenvalue weighted by molar-refractivity contribution is 6.39. The summed E-state index contributed by atoms with van der Waals surface area (Å²) < 4.78 is 13.5. The fourth-order valence-corrected chi connectivity index (χ4v) is 3.06. The largest absolute Gasteiger partial charge is 0.391 e. The van der Waals surface area contributed by atoms with E-state index in [0.717, 1.165) is 0 Å². The van der Waals surface area contributed by atoms with E-state index in [4.69, 9.17) is 0 Å². The molecule has 1 fully saturated rings. The fourth-order valence-electron chi connectivity index (χ4n) is 3.06. The van der Waals surface area contributed by atoms with Crippen LogP contribution in [0.3, 0.4) is 0 Å². The molecule has 2 atom stereocenters. The van der Waals surface area contributed by atoms with Gasteiger partial charge in [0.05, 0.1) is 12.1 Å². The number of benzene rings is 1. The number of aliphatic hydroxyl groups excluding tert-OH is 1. The first-order valence-corrected chi connectivity index (χ1v) is 7.54. The summed E-state index contributed by atoms with van der Waals surface area (Å²) in [7, 11) is 1.51. The summed E-state index contributed by atoms with van der Waals surface area (Å²) in [6.45, 7) is 0.177. The molecule has 6 nitrogen and oxygen atoms in total. The van der Waals surface area contributed by atoms with Gasteiger partial charge in [-0.05, 0) is 24.1 Å². The summed E-state index contributed by atoms with van der Waals surface area (Å²) in [5.41, 5.74) is 0.943. The molecule has 0 saturated carbocycles. The summed E-state index contributed by atoms with van der Waals surface area (Å²) in [5.74, 6) is -0.823. The molecule has 1 saturated heterocycles. The maximum Gasteiger partial charge on any atom is 0.270 e. The number of halogens is 1. The molecule has 3 rings (SSSR count). The third-order valence-electron chi connectivity index (χ3n) is 4.23. The van der Waals surface area contributed by atoms with E-state index in [1.165, 1.54) is 29.1 Å². The molecular weight excluding hydrogens is 301 g/mol. The zero-order valence-electron chi connectivity index (χ0n) is 12.8. The molecule has 7 heteroatoms. The minimum absolute atomic E-state index is 0.135. The number of likely N-dealkylation sites (tertiary alicyclic amines) is 1. The molecule has 0 spiro atoms. The van der Waals surface area contributed by atoms with Gasteiger partial charge in [0.1, 0.15) is 11.5 Å². The molecule has 0 aromatic heterocycles. The van der Waals surface area contributed by atoms with E-state index >= 15 is 0 Å². The number of carbonyl (C=O) groups is 2. The van der Waals surface area contributed by atoms with Gasteiger partial charge in [0.25, 0.3) is 5.91 Å². The van der Waals surface area contributed by atoms with Gasteiger partial charge in [0.2, 0.25) is 5.91 Å². The van der Waals surface area contributed by atoms with E-state index in [1.807, 2.05) is 0 Å². The van der Waals surface area contributed by atoms with Crippen LogP contribution < -0.4 is 0 Å². The van der Waals surface area contributed by atoms with Crippen LogP contribution in [0.25, 0.3) is 0 Å². The first-order valence-electron chi connectivity index (χ1n) is 7.54. The highest BCUT2D eigenvalue weighted by Crippen LogP contribution is 2.33. The summed E-state index contributed by atoms with van der Waals surface area (Å²) in [5, 5.41) is 15.1. The first kappa shape index (κ1) is 15.6. The third-order valence-corrected chi connectivity index (χ3v) is 4.23. The minimum atomic E-state index is -0.657. The number of hydrazone groups is 1. The first-order chi connectivity index (χ1) is 11.0. The Hall–Kier alpha value is -2.28. The SMILES string of the molecule is CN1N=C(C(=O)N2C[C@@H](O)C[C@H]2c2cccc(F)c2)CCC1=O. The maximum absolute atomic E-state index is 13.5. The Balaban J connectivity index is 1.86. The molecular formula is C16H18FN3O3. The standard InChI is InChI=1S/C16H18FN3O3/c1-19-15(22)6-5-13(18-19)16(23)20-9-12(21)8-14(20)10-3-2-4-11(17)7-10/h2-4,7,12,14,21H,5-6,8-9H2,1H3/t12-,14-/m0/s1. The van der Waals surface area contributed by atoms with E-state index in [9.17, 15) is 19.1 Å². The number of β-amino-alcohol motifs (C(OH)–C–C–N with tert-alkyl or cyclic N) is 1. The number of rotatable bonds is 2. The molecule has 1 aromatic carbocycles. The van der Waals surface area contributed by atoms with Crippen LogP contribution in [0.2, 0.25) is 0 Å². The smallest absolute Gasteiger partial charge is 0.270 e. The Labute approximate surface area is 133 Å². The zero-order chi connectivity index (χ0) is 16.6. The molecule has 1 aromatic rings. The molecule has 0 bridgehead atoms. The molecule has 0 unspecified atom stereocenters. The summed E-state index contributed by atoms with van der Waals surface area (Å²) >= 11 is 0. The van der Waals surface area contributed by atoms with Crippen LogP contribution >= 0.6 is 0 Å². The van der Waals surface area contributed by atoms with Gasteiger partial charge in [-0.3, -0.25) is 9.59 Å². The van der Waals surface area contributed by atoms with Gasteiger partial charge in [-0.1, -0.05) is 12.1 Å². The fraction of sp³-hybridized carbons (Fsp3) is 0.438. The Bertz CT molecular complexity index is 676. The Kier molecular flexibility index (Phi) is 4.12. The van der Waals surface area contributed by atoms with Crippen molar-refractivity contribution in [3.05, 3.63) is 35.6 Å². The van der Waals surface area contributed by atoms with Crippen molar-refractivity contribution in [3.63, 3.8) is 0 Å². The summed E-state index contributed by atoms with van der Waals surface area (Å²) in [6.07, 6.45) is 0.222. The van der Waals surface area contributed by atoms with Crippen LogP contribution in [0.1, 0.15) is 30.9 Å². The second-order valence-corrected chi connectivity index (χ2v) is 5.88. The highest BCUT2D eigenvalue weighted by Gasteiger charge is 2.38. The Morgan fingerprint density at radius 3 is 2.87 bits per heavy atom. The van der Waals surface area contributed by atoms with E-state index < -0.39 is 6.10 Å². The predicted octanol–water partition coefficient (Wildman–Crippen LogP) is 1.07. The van der Waals surface area contributed by atoms with Crippen molar-refractivity contribution in [1.82, 2.24) is 9.91 Å². The van der Waals surface area contributed by atoms with Gasteiger partial charge in [-0.25, -0.2) is 9.40 Å². The van der Waals surface area contributed by atoms with Crippen LogP contribution in [0.5, 0.6) is 0 Å². The summed E-state index contributed by atoms with van der Waals surface area (Å²) in [6, 6.07) is 5.65. The molecule has 122 valence electrons. The van der Waals surface area contributed by atoms with Gasteiger partial charge in [0, 0.05) is 26.4 Å². The van der Waals surface area contributed by atoms with Crippen molar-refractivity contribution in [2.45, 2.75) is 31.4 Å². The molecule has 23 heavy (non-hydrogen) atoms. The van der Waals surface area contributed by atoms with Crippen molar-refractivity contribution in [2.75, 3.05) is 13.6 Å². The van der Waals surface area contributed by atoms with Gasteiger partial charge in [0.15, 0.2) is 0 Å². The van der Waals surface area contributed by atoms with Gasteiger partial charge in [-0.2, -0.15) is 5.10 Å². The molecule has 0 aliphatic carbocycles. The van der Waals surface area contributed by atoms with Crippen molar-refractivity contribution in [2.24, 2.45) is 5.10 Å². The average molecular weight is 319 g/mol. The van der Waals surface area contributed by atoms with Gasteiger partial charge < -0.3 is 10.0 Å². The van der Waals surface area contributed by atoms with E-state index in [1.54, 1.807) is 12.1 Å². The van der Waals surface area contributed by atoms with Gasteiger partial charge >= 0.3 is 0 Å². The quantitative estimate of drug-likeness (QED) is 0.886. The number of aliphatic hydroxyl groups is 1. The van der Waals surface area contributed by atoms with Crippen LogP contribution in [0.15, 0.2) is 29.4 Å². The summed E-state index contributed by atoms with van der Waals surface area (Å²) in [4.78, 5) is 25.7. The molecule has 2 aliphatic rings. The van der Waals surface area contributed by atoms with Crippen molar-refractivity contribution in [1.29, 1.82) is 0 Å². The van der Waals surface area contributed by atoms with E-state index in [0.29, 0.717) is 17.7 Å². The number of amides is 2. The molecule has 0 radical (unpaired) electrons. The highest BCUT2D eigenvalue weighted by atomic mass is 19.1. The van der Waals surface area contributed by atoms with E-state index in [-0.39, 0.29) is 43.1 Å². The predicted molar refractivity (Wildman–Crippen MR) is 80.9 cm³/mol. The molecule has 2 heterocycles. The minimum Gasteiger partial charge on any atom is -0.391 e. The zero-order valence-corrected chi connectivity index (χ0v) is 12.8. The second kappa shape index (κ2) is 6.08. The second-order valence-electron chi connectivity index (χ2n) is 5.88. The lowest BCUT2D eigenvalue weighted by molar-refractivity contribution is -0.130. The lowest BCUT2D eigenvalue weighted by atomic mass is 10.0. The lowest BCUT2D eigenvalue weighted by Gasteiger charge is -2.27. The molecule has 2 aliphatic heterocycles. The number of carbonyl (C=O) groups excluding carboxylic acids is 2. The van der Waals surface area contributed by atoms with Crippen LogP contribution in [0.4, 0.5) is 4.39 Å². The van der Waals surface area contributed by atoms with Crippen molar-refractivity contribution >= 4 is 17.5 Å². The van der Waals surface area contributed by atoms with E-state index in [2.05, 4.69) is 5.10 Å². The Morgan fingerprint density at radius 2 is 2.17 bits per heavy atom. The monoisotopic (exact) mass is 319 g/mol. The Morgan fingerprint density at radius 1 is 1.39 bits per heavy atom. The third kappa shape index (κ3) is 3.10. The topological polar surface area (TPSA) is 73.2 Å². The normalized spacial score (nSPS) is 24.8. The van der Waals surface area contributed by atoms with Gasteiger partial charge in [-0.15, -0.1) is 0 Å².